The SMILES string of the molecule is CCCCOc1ccc(C(COC(=O)CCC)OC(=O)CCC)cc1OCCCC. The van der Waals surface area contributed by atoms with E-state index in [1.807, 2.05) is 32.0 Å². The van der Waals surface area contributed by atoms with Crippen molar-refractivity contribution in [3.8, 4) is 11.5 Å². The molecule has 0 aromatic heterocycles. The number of carbonyl (C=O) groups excluding carboxylic acids is 2. The van der Waals surface area contributed by atoms with E-state index >= 15 is 0 Å². The summed E-state index contributed by atoms with van der Waals surface area (Å²) in [4.78, 5) is 23.9. The van der Waals surface area contributed by atoms with Crippen LogP contribution in [0.2, 0.25) is 0 Å². The van der Waals surface area contributed by atoms with Crippen molar-refractivity contribution in [3.63, 3.8) is 0 Å². The van der Waals surface area contributed by atoms with Gasteiger partial charge in [-0.15, -0.1) is 0 Å². The highest BCUT2D eigenvalue weighted by molar-refractivity contribution is 5.70. The quantitative estimate of drug-likeness (QED) is 0.249. The smallest absolute Gasteiger partial charge is 0.306 e. The number of benzene rings is 1. The molecule has 1 atom stereocenters. The molecule has 6 nitrogen and oxygen atoms in total. The highest BCUT2D eigenvalue weighted by Crippen LogP contribution is 2.32. The van der Waals surface area contributed by atoms with Crippen molar-refractivity contribution in [2.45, 2.75) is 85.2 Å². The molecule has 1 aromatic rings. The Hall–Kier alpha value is -2.24. The molecule has 0 heterocycles. The molecule has 1 aromatic carbocycles. The van der Waals surface area contributed by atoms with Gasteiger partial charge in [-0.3, -0.25) is 9.59 Å². The summed E-state index contributed by atoms with van der Waals surface area (Å²) in [5.41, 5.74) is 0.720. The topological polar surface area (TPSA) is 71.1 Å². The maximum atomic E-state index is 12.1. The van der Waals surface area contributed by atoms with Crippen LogP contribution in [0, 0.1) is 0 Å². The molecule has 0 aliphatic heterocycles. The third-order valence-electron chi connectivity index (χ3n) is 4.43. The summed E-state index contributed by atoms with van der Waals surface area (Å²) < 4.78 is 22.8. The molecule has 0 spiro atoms. The van der Waals surface area contributed by atoms with Crippen LogP contribution in [0.3, 0.4) is 0 Å². The summed E-state index contributed by atoms with van der Waals surface area (Å²) in [5.74, 6) is 0.678. The summed E-state index contributed by atoms with van der Waals surface area (Å²) in [5, 5.41) is 0. The highest BCUT2D eigenvalue weighted by atomic mass is 16.6. The molecule has 0 fully saturated rings. The van der Waals surface area contributed by atoms with E-state index in [2.05, 4.69) is 13.8 Å². The van der Waals surface area contributed by atoms with Crippen molar-refractivity contribution >= 4 is 11.9 Å². The van der Waals surface area contributed by atoms with E-state index in [4.69, 9.17) is 18.9 Å². The molecular weight excluding hydrogens is 384 g/mol. The summed E-state index contributed by atoms with van der Waals surface area (Å²) >= 11 is 0. The van der Waals surface area contributed by atoms with E-state index in [0.29, 0.717) is 50.4 Å². The lowest BCUT2D eigenvalue weighted by Crippen LogP contribution is -2.19. The normalized spacial score (nSPS) is 11.6. The Bertz CT molecular complexity index is 628. The molecule has 6 heteroatoms. The molecule has 0 radical (unpaired) electrons. The maximum Gasteiger partial charge on any atom is 0.306 e. The minimum Gasteiger partial charge on any atom is -0.490 e. The van der Waals surface area contributed by atoms with Crippen LogP contribution in [-0.4, -0.2) is 31.8 Å². The predicted molar refractivity (Wildman–Crippen MR) is 117 cm³/mol. The van der Waals surface area contributed by atoms with E-state index in [-0.39, 0.29) is 18.5 Å². The van der Waals surface area contributed by atoms with E-state index in [1.54, 1.807) is 0 Å². The summed E-state index contributed by atoms with van der Waals surface area (Å²) in [6, 6.07) is 5.50. The molecule has 0 aliphatic carbocycles. The summed E-state index contributed by atoms with van der Waals surface area (Å²) in [7, 11) is 0. The highest BCUT2D eigenvalue weighted by Gasteiger charge is 2.21. The molecule has 0 aliphatic rings. The van der Waals surface area contributed by atoms with Gasteiger partial charge in [0.25, 0.3) is 0 Å². The Morgan fingerprint density at radius 1 is 0.800 bits per heavy atom. The van der Waals surface area contributed by atoms with E-state index in [1.165, 1.54) is 0 Å². The molecule has 0 N–H and O–H groups in total. The summed E-state index contributed by atoms with van der Waals surface area (Å²) in [6.45, 7) is 9.22. The van der Waals surface area contributed by atoms with Crippen molar-refractivity contribution in [2.75, 3.05) is 19.8 Å². The average molecular weight is 423 g/mol. The molecule has 0 saturated heterocycles. The van der Waals surface area contributed by atoms with E-state index < -0.39 is 6.10 Å². The van der Waals surface area contributed by atoms with Crippen LogP contribution in [0.4, 0.5) is 0 Å². The summed E-state index contributed by atoms with van der Waals surface area (Å²) in [6.07, 6.45) is 5.34. The minimum atomic E-state index is -0.678. The van der Waals surface area contributed by atoms with E-state index in [9.17, 15) is 9.59 Å². The molecule has 0 amide bonds. The molecular formula is C24H38O6. The molecule has 0 bridgehead atoms. The van der Waals surface area contributed by atoms with Crippen molar-refractivity contribution in [1.29, 1.82) is 0 Å². The standard InChI is InChI=1S/C24H38O6/c1-5-9-15-27-20-14-13-19(17-21(20)28-16-10-6-2)22(30-24(26)12-8-4)18-29-23(25)11-7-3/h13-14,17,22H,5-12,15-16,18H2,1-4H3. The third-order valence-corrected chi connectivity index (χ3v) is 4.43. The first-order chi connectivity index (χ1) is 14.5. The number of ether oxygens (including phenoxy) is 4. The fourth-order valence-electron chi connectivity index (χ4n) is 2.67. The Morgan fingerprint density at radius 3 is 2.00 bits per heavy atom. The number of rotatable bonds is 16. The van der Waals surface area contributed by atoms with Gasteiger partial charge in [0, 0.05) is 12.8 Å². The number of carbonyl (C=O) groups is 2. The fourth-order valence-corrected chi connectivity index (χ4v) is 2.67. The van der Waals surface area contributed by atoms with Crippen LogP contribution in [0.15, 0.2) is 18.2 Å². The number of unbranched alkanes of at least 4 members (excludes halogenated alkanes) is 2. The zero-order valence-corrected chi connectivity index (χ0v) is 19.0. The zero-order chi connectivity index (χ0) is 22.2. The van der Waals surface area contributed by atoms with Gasteiger partial charge in [-0.05, 0) is 43.4 Å². The Morgan fingerprint density at radius 2 is 1.40 bits per heavy atom. The number of hydrogen-bond donors (Lipinski definition) is 0. The lowest BCUT2D eigenvalue weighted by Gasteiger charge is -2.20. The van der Waals surface area contributed by atoms with Crippen molar-refractivity contribution in [2.24, 2.45) is 0 Å². The second-order valence-electron chi connectivity index (χ2n) is 7.27. The molecule has 170 valence electrons. The monoisotopic (exact) mass is 422 g/mol. The van der Waals surface area contributed by atoms with Crippen molar-refractivity contribution in [3.05, 3.63) is 23.8 Å². The third kappa shape index (κ3) is 9.99. The average Bonchev–Trinajstić information content (AvgIpc) is 2.72. The Labute approximate surface area is 181 Å². The number of hydrogen-bond acceptors (Lipinski definition) is 6. The van der Waals surface area contributed by atoms with Crippen LogP contribution >= 0.6 is 0 Å². The van der Waals surface area contributed by atoms with Gasteiger partial charge in [-0.25, -0.2) is 0 Å². The van der Waals surface area contributed by atoms with Gasteiger partial charge >= 0.3 is 11.9 Å². The van der Waals surface area contributed by atoms with Crippen LogP contribution in [-0.2, 0) is 19.1 Å². The van der Waals surface area contributed by atoms with Gasteiger partial charge in [-0.2, -0.15) is 0 Å². The van der Waals surface area contributed by atoms with Crippen molar-refractivity contribution in [1.82, 2.24) is 0 Å². The van der Waals surface area contributed by atoms with Gasteiger partial charge in [0.15, 0.2) is 17.6 Å². The second-order valence-corrected chi connectivity index (χ2v) is 7.27. The zero-order valence-electron chi connectivity index (χ0n) is 19.0. The lowest BCUT2D eigenvalue weighted by molar-refractivity contribution is -0.159. The Kier molecular flexibility index (Phi) is 13.4. The molecule has 1 rings (SSSR count). The van der Waals surface area contributed by atoms with Crippen LogP contribution in [0.25, 0.3) is 0 Å². The van der Waals surface area contributed by atoms with Gasteiger partial charge < -0.3 is 18.9 Å². The maximum absolute atomic E-state index is 12.1. The largest absolute Gasteiger partial charge is 0.490 e. The van der Waals surface area contributed by atoms with Gasteiger partial charge in [0.2, 0.25) is 0 Å². The van der Waals surface area contributed by atoms with Gasteiger partial charge in [-0.1, -0.05) is 46.6 Å². The lowest BCUT2D eigenvalue weighted by atomic mass is 10.1. The first-order valence-electron chi connectivity index (χ1n) is 11.3. The molecule has 1 unspecified atom stereocenters. The van der Waals surface area contributed by atoms with Gasteiger partial charge in [0.1, 0.15) is 6.61 Å². The number of esters is 2. The first-order valence-corrected chi connectivity index (χ1v) is 11.3. The molecule has 0 saturated carbocycles. The first kappa shape index (κ1) is 25.8. The Balaban J connectivity index is 3.03. The fraction of sp³-hybridized carbons (Fsp3) is 0.667. The van der Waals surface area contributed by atoms with Gasteiger partial charge in [0.05, 0.1) is 13.2 Å². The second kappa shape index (κ2) is 15.6. The minimum absolute atomic E-state index is 0.0152. The predicted octanol–water partition coefficient (Wildman–Crippen LogP) is 5.77. The van der Waals surface area contributed by atoms with E-state index in [0.717, 1.165) is 31.2 Å². The van der Waals surface area contributed by atoms with Crippen molar-refractivity contribution < 1.29 is 28.5 Å². The van der Waals surface area contributed by atoms with Crippen LogP contribution in [0.1, 0.15) is 90.7 Å². The van der Waals surface area contributed by atoms with Crippen LogP contribution < -0.4 is 9.47 Å². The molecule has 30 heavy (non-hydrogen) atoms. The van der Waals surface area contributed by atoms with Crippen LogP contribution in [0.5, 0.6) is 11.5 Å².